The van der Waals surface area contributed by atoms with E-state index in [0.717, 1.165) is 17.9 Å². The van der Waals surface area contributed by atoms with Crippen molar-refractivity contribution in [3.8, 4) is 11.5 Å². The topological polar surface area (TPSA) is 70.3 Å². The molecule has 0 bridgehead atoms. The zero-order valence-corrected chi connectivity index (χ0v) is 10.7. The summed E-state index contributed by atoms with van der Waals surface area (Å²) in [6.07, 6.45) is 0.493. The molecule has 2 N–H and O–H groups in total. The van der Waals surface area contributed by atoms with Crippen LogP contribution >= 0.6 is 0 Å². The second-order valence-electron chi connectivity index (χ2n) is 4.36. The quantitative estimate of drug-likeness (QED) is 0.892. The second kappa shape index (κ2) is 4.76. The first-order valence-corrected chi connectivity index (χ1v) is 6.28. The molecule has 2 heterocycles. The Kier molecular flexibility index (Phi) is 2.95. The molecule has 1 aromatic heterocycles. The summed E-state index contributed by atoms with van der Waals surface area (Å²) in [5, 5.41) is 0. The number of aromatic nitrogens is 2. The molecule has 1 atom stereocenters. The van der Waals surface area contributed by atoms with Gasteiger partial charge in [0.2, 0.25) is 0 Å². The van der Waals surface area contributed by atoms with Gasteiger partial charge in [-0.15, -0.1) is 0 Å². The van der Waals surface area contributed by atoms with E-state index in [9.17, 15) is 0 Å². The lowest BCUT2D eigenvalue weighted by molar-refractivity contribution is 0.0850. The standard InChI is InChI=1S/C14H15N3O2/c1-2-9-7-13(15)17-14(16-9)12-8-18-10-5-3-4-6-11(10)19-12/h3-7,12H,2,8H2,1H3,(H2,15,16,17). The molecule has 2 aromatic rings. The van der Waals surface area contributed by atoms with Gasteiger partial charge in [-0.3, -0.25) is 0 Å². The smallest absolute Gasteiger partial charge is 0.192 e. The fourth-order valence-electron chi connectivity index (χ4n) is 2.01. The van der Waals surface area contributed by atoms with Crippen molar-refractivity contribution < 1.29 is 9.47 Å². The molecule has 0 fully saturated rings. The summed E-state index contributed by atoms with van der Waals surface area (Å²) in [6.45, 7) is 2.42. The number of nitrogens with zero attached hydrogens (tertiary/aromatic N) is 2. The number of hydrogen-bond acceptors (Lipinski definition) is 5. The molecule has 1 aliphatic heterocycles. The number of nitrogens with two attached hydrogens (primary N) is 1. The van der Waals surface area contributed by atoms with Crippen molar-refractivity contribution in [1.29, 1.82) is 0 Å². The van der Waals surface area contributed by atoms with Crippen molar-refractivity contribution in [3.63, 3.8) is 0 Å². The third-order valence-corrected chi connectivity index (χ3v) is 2.98. The molecule has 1 aromatic carbocycles. The Morgan fingerprint density at radius 1 is 1.26 bits per heavy atom. The lowest BCUT2D eigenvalue weighted by atomic mass is 10.2. The van der Waals surface area contributed by atoms with Crippen LogP contribution < -0.4 is 15.2 Å². The van der Waals surface area contributed by atoms with E-state index in [1.165, 1.54) is 0 Å². The van der Waals surface area contributed by atoms with Crippen LogP contribution in [0.5, 0.6) is 11.5 Å². The van der Waals surface area contributed by atoms with E-state index in [0.29, 0.717) is 24.0 Å². The average molecular weight is 257 g/mol. The van der Waals surface area contributed by atoms with E-state index >= 15 is 0 Å². The van der Waals surface area contributed by atoms with Gasteiger partial charge in [0.1, 0.15) is 12.4 Å². The van der Waals surface area contributed by atoms with Gasteiger partial charge < -0.3 is 15.2 Å². The van der Waals surface area contributed by atoms with E-state index in [2.05, 4.69) is 9.97 Å². The van der Waals surface area contributed by atoms with Crippen molar-refractivity contribution in [2.75, 3.05) is 12.3 Å². The van der Waals surface area contributed by atoms with Crippen molar-refractivity contribution in [3.05, 3.63) is 41.9 Å². The molecule has 5 nitrogen and oxygen atoms in total. The van der Waals surface area contributed by atoms with Gasteiger partial charge in [-0.05, 0) is 18.6 Å². The predicted octanol–water partition coefficient (Wildman–Crippen LogP) is 2.13. The van der Waals surface area contributed by atoms with Crippen molar-refractivity contribution >= 4 is 5.82 Å². The molecule has 1 aliphatic rings. The third-order valence-electron chi connectivity index (χ3n) is 2.98. The first kappa shape index (κ1) is 11.8. The Morgan fingerprint density at radius 3 is 2.84 bits per heavy atom. The maximum atomic E-state index is 5.87. The zero-order valence-electron chi connectivity index (χ0n) is 10.7. The maximum Gasteiger partial charge on any atom is 0.192 e. The van der Waals surface area contributed by atoms with Crippen LogP contribution in [0.25, 0.3) is 0 Å². The van der Waals surface area contributed by atoms with Gasteiger partial charge >= 0.3 is 0 Å². The lowest BCUT2D eigenvalue weighted by Gasteiger charge is -2.25. The fraction of sp³-hybridized carbons (Fsp3) is 0.286. The fourth-order valence-corrected chi connectivity index (χ4v) is 2.01. The number of fused-ring (bicyclic) bond motifs is 1. The van der Waals surface area contributed by atoms with Gasteiger partial charge in [-0.1, -0.05) is 19.1 Å². The first-order valence-electron chi connectivity index (χ1n) is 6.28. The number of ether oxygens (including phenoxy) is 2. The molecule has 98 valence electrons. The van der Waals surface area contributed by atoms with Crippen molar-refractivity contribution in [2.45, 2.75) is 19.4 Å². The average Bonchev–Trinajstić information content (AvgIpc) is 2.46. The highest BCUT2D eigenvalue weighted by Gasteiger charge is 2.25. The maximum absolute atomic E-state index is 5.87. The first-order chi connectivity index (χ1) is 9.26. The van der Waals surface area contributed by atoms with Gasteiger partial charge in [-0.25, -0.2) is 9.97 Å². The molecule has 3 rings (SSSR count). The zero-order chi connectivity index (χ0) is 13.2. The number of nitrogen functional groups attached to an aromatic ring is 1. The van der Waals surface area contributed by atoms with Crippen LogP contribution in [0.15, 0.2) is 30.3 Å². The Balaban J connectivity index is 1.90. The number of aryl methyl sites for hydroxylation is 1. The molecule has 0 aliphatic carbocycles. The molecule has 0 amide bonds. The van der Waals surface area contributed by atoms with E-state index in [4.69, 9.17) is 15.2 Å². The minimum absolute atomic E-state index is 0.316. The minimum atomic E-state index is -0.316. The highest BCUT2D eigenvalue weighted by molar-refractivity contribution is 5.41. The number of benzene rings is 1. The molecule has 0 spiro atoms. The number of hydrogen-bond donors (Lipinski definition) is 1. The Bertz CT molecular complexity index is 601. The highest BCUT2D eigenvalue weighted by atomic mass is 16.6. The molecule has 0 radical (unpaired) electrons. The Hall–Kier alpha value is -2.30. The molecule has 19 heavy (non-hydrogen) atoms. The van der Waals surface area contributed by atoms with Gasteiger partial charge in [0.25, 0.3) is 0 Å². The molecular weight excluding hydrogens is 242 g/mol. The van der Waals surface area contributed by atoms with E-state index in [-0.39, 0.29) is 6.10 Å². The van der Waals surface area contributed by atoms with Gasteiger partial charge in [0, 0.05) is 11.8 Å². The van der Waals surface area contributed by atoms with Crippen LogP contribution in [0.1, 0.15) is 24.5 Å². The van der Waals surface area contributed by atoms with Crippen LogP contribution in [0.3, 0.4) is 0 Å². The van der Waals surface area contributed by atoms with Crippen molar-refractivity contribution in [2.24, 2.45) is 0 Å². The van der Waals surface area contributed by atoms with E-state index in [1.807, 2.05) is 31.2 Å². The van der Waals surface area contributed by atoms with Crippen LogP contribution in [0, 0.1) is 0 Å². The summed E-state index contributed by atoms with van der Waals surface area (Å²) in [5.41, 5.74) is 6.70. The van der Waals surface area contributed by atoms with Crippen molar-refractivity contribution in [1.82, 2.24) is 9.97 Å². The minimum Gasteiger partial charge on any atom is -0.485 e. The molecule has 5 heteroatoms. The number of anilines is 1. The SMILES string of the molecule is CCc1cc(N)nc(C2COc3ccccc3O2)n1. The second-order valence-corrected chi connectivity index (χ2v) is 4.36. The summed E-state index contributed by atoms with van der Waals surface area (Å²) < 4.78 is 11.5. The summed E-state index contributed by atoms with van der Waals surface area (Å²) >= 11 is 0. The van der Waals surface area contributed by atoms with E-state index in [1.54, 1.807) is 6.07 Å². The largest absolute Gasteiger partial charge is 0.485 e. The lowest BCUT2D eigenvalue weighted by Crippen LogP contribution is -2.24. The predicted molar refractivity (Wildman–Crippen MR) is 71.1 cm³/mol. The van der Waals surface area contributed by atoms with Crippen LogP contribution in [-0.4, -0.2) is 16.6 Å². The monoisotopic (exact) mass is 257 g/mol. The summed E-state index contributed by atoms with van der Waals surface area (Å²) in [7, 11) is 0. The van der Waals surface area contributed by atoms with E-state index < -0.39 is 0 Å². The normalized spacial score (nSPS) is 17.2. The third kappa shape index (κ3) is 2.31. The van der Waals surface area contributed by atoms with Crippen LogP contribution in [0.2, 0.25) is 0 Å². The summed E-state index contributed by atoms with van der Waals surface area (Å²) in [6, 6.07) is 9.34. The Labute approximate surface area is 111 Å². The number of rotatable bonds is 2. The van der Waals surface area contributed by atoms with Crippen LogP contribution in [0.4, 0.5) is 5.82 Å². The highest BCUT2D eigenvalue weighted by Crippen LogP contribution is 2.35. The number of para-hydroxylation sites is 2. The molecule has 0 saturated carbocycles. The van der Waals surface area contributed by atoms with Crippen LogP contribution in [-0.2, 0) is 6.42 Å². The molecule has 1 unspecified atom stereocenters. The van der Waals surface area contributed by atoms with Gasteiger partial charge in [0.05, 0.1) is 0 Å². The summed E-state index contributed by atoms with van der Waals surface area (Å²) in [5.74, 6) is 2.50. The molecule has 0 saturated heterocycles. The Morgan fingerprint density at radius 2 is 2.05 bits per heavy atom. The van der Waals surface area contributed by atoms with Gasteiger partial charge in [0.15, 0.2) is 23.4 Å². The van der Waals surface area contributed by atoms with Gasteiger partial charge in [-0.2, -0.15) is 0 Å². The molecular formula is C14H15N3O2. The summed E-state index contributed by atoms with van der Waals surface area (Å²) in [4.78, 5) is 8.69.